The number of benzene rings is 1. The van der Waals surface area contributed by atoms with Gasteiger partial charge in [0.25, 0.3) is 0 Å². The van der Waals surface area contributed by atoms with E-state index in [-0.39, 0.29) is 0 Å². The summed E-state index contributed by atoms with van der Waals surface area (Å²) >= 11 is 0. The van der Waals surface area contributed by atoms with Crippen molar-refractivity contribution in [3.63, 3.8) is 0 Å². The van der Waals surface area contributed by atoms with E-state index in [0.717, 1.165) is 48.1 Å². The van der Waals surface area contributed by atoms with Gasteiger partial charge in [0.1, 0.15) is 5.82 Å². The van der Waals surface area contributed by atoms with Crippen molar-refractivity contribution in [2.45, 2.75) is 26.2 Å². The molecule has 136 valence electrons. The Kier molecular flexibility index (Phi) is 4.00. The number of fused-ring (bicyclic) bond motifs is 2. The third-order valence-electron chi connectivity index (χ3n) is 5.66. The maximum absolute atomic E-state index is 4.91. The van der Waals surface area contributed by atoms with Crippen LogP contribution in [-0.4, -0.2) is 32.7 Å². The number of nitrogens with zero attached hydrogens (tertiary/aromatic N) is 5. The summed E-state index contributed by atoms with van der Waals surface area (Å²) in [6, 6.07) is 14.7. The lowest BCUT2D eigenvalue weighted by molar-refractivity contribution is 0.568. The first-order valence-electron chi connectivity index (χ1n) is 9.72. The first kappa shape index (κ1) is 16.2. The summed E-state index contributed by atoms with van der Waals surface area (Å²) in [4.78, 5) is 11.4. The summed E-state index contributed by atoms with van der Waals surface area (Å²) < 4.78 is 2.00. The Hall–Kier alpha value is -2.95. The van der Waals surface area contributed by atoms with E-state index in [1.165, 1.54) is 23.8 Å². The minimum Gasteiger partial charge on any atom is -0.355 e. The van der Waals surface area contributed by atoms with Crippen LogP contribution in [0.3, 0.4) is 0 Å². The second-order valence-electron chi connectivity index (χ2n) is 7.43. The van der Waals surface area contributed by atoms with Gasteiger partial charge in [0.05, 0.1) is 17.4 Å². The fourth-order valence-electron chi connectivity index (χ4n) is 4.02. The molecule has 5 rings (SSSR count). The molecule has 5 nitrogen and oxygen atoms in total. The van der Waals surface area contributed by atoms with Gasteiger partial charge in [0.15, 0.2) is 5.65 Å². The maximum atomic E-state index is 4.91. The minimum absolute atomic E-state index is 0.788. The van der Waals surface area contributed by atoms with Crippen LogP contribution in [0.5, 0.6) is 0 Å². The Morgan fingerprint density at radius 1 is 1.11 bits per heavy atom. The van der Waals surface area contributed by atoms with Crippen molar-refractivity contribution < 1.29 is 0 Å². The van der Waals surface area contributed by atoms with Crippen molar-refractivity contribution in [1.82, 2.24) is 19.6 Å². The van der Waals surface area contributed by atoms with Gasteiger partial charge in [0, 0.05) is 31.1 Å². The lowest BCUT2D eigenvalue weighted by atomic mass is 10.1. The second kappa shape index (κ2) is 6.65. The summed E-state index contributed by atoms with van der Waals surface area (Å²) in [6.07, 6.45) is 7.09. The van der Waals surface area contributed by atoms with Crippen LogP contribution < -0.4 is 4.90 Å². The molecule has 0 amide bonds. The van der Waals surface area contributed by atoms with Crippen molar-refractivity contribution in [2.24, 2.45) is 5.92 Å². The summed E-state index contributed by atoms with van der Waals surface area (Å²) in [5.41, 5.74) is 4.29. The Labute approximate surface area is 158 Å². The molecule has 0 unspecified atom stereocenters. The number of pyridine rings is 1. The topological polar surface area (TPSA) is 46.3 Å². The molecule has 3 aromatic heterocycles. The molecular weight excluding hydrogens is 334 g/mol. The van der Waals surface area contributed by atoms with Crippen molar-refractivity contribution >= 4 is 22.4 Å². The highest BCUT2D eigenvalue weighted by molar-refractivity contribution is 5.79. The van der Waals surface area contributed by atoms with E-state index in [0.29, 0.717) is 0 Å². The molecule has 0 bridgehead atoms. The highest BCUT2D eigenvalue weighted by atomic mass is 15.3. The number of imidazole rings is 1. The molecule has 4 aromatic rings. The predicted molar refractivity (Wildman–Crippen MR) is 108 cm³/mol. The molecule has 0 radical (unpaired) electrons. The van der Waals surface area contributed by atoms with E-state index in [4.69, 9.17) is 5.10 Å². The molecule has 0 aliphatic carbocycles. The van der Waals surface area contributed by atoms with Crippen LogP contribution in [0.4, 0.5) is 5.82 Å². The van der Waals surface area contributed by atoms with Crippen LogP contribution in [0, 0.1) is 5.92 Å². The quantitative estimate of drug-likeness (QED) is 0.551. The van der Waals surface area contributed by atoms with Gasteiger partial charge >= 0.3 is 0 Å². The molecule has 5 heteroatoms. The number of hydrogen-bond donors (Lipinski definition) is 0. The highest BCUT2D eigenvalue weighted by Crippen LogP contribution is 2.25. The van der Waals surface area contributed by atoms with Gasteiger partial charge in [-0.25, -0.2) is 9.50 Å². The van der Waals surface area contributed by atoms with E-state index in [9.17, 15) is 0 Å². The first-order chi connectivity index (χ1) is 13.3. The third-order valence-corrected chi connectivity index (χ3v) is 5.66. The zero-order valence-corrected chi connectivity index (χ0v) is 15.5. The zero-order valence-electron chi connectivity index (χ0n) is 15.5. The first-order valence-corrected chi connectivity index (χ1v) is 9.72. The fraction of sp³-hybridized carbons (Fsp3) is 0.318. The van der Waals surface area contributed by atoms with Gasteiger partial charge in [0.2, 0.25) is 0 Å². The van der Waals surface area contributed by atoms with E-state index in [2.05, 4.69) is 58.2 Å². The number of hydrogen-bond acceptors (Lipinski definition) is 4. The smallest absolute Gasteiger partial charge is 0.153 e. The monoisotopic (exact) mass is 357 g/mol. The summed E-state index contributed by atoms with van der Waals surface area (Å²) in [7, 11) is 0. The van der Waals surface area contributed by atoms with Crippen molar-refractivity contribution in [3.8, 4) is 0 Å². The molecule has 1 atom stereocenters. The van der Waals surface area contributed by atoms with Crippen LogP contribution in [0.25, 0.3) is 16.6 Å². The maximum Gasteiger partial charge on any atom is 0.153 e. The number of aromatic nitrogens is 4. The van der Waals surface area contributed by atoms with E-state index < -0.39 is 0 Å². The van der Waals surface area contributed by atoms with Crippen molar-refractivity contribution in [3.05, 3.63) is 66.1 Å². The minimum atomic E-state index is 0.788. The highest BCUT2D eigenvalue weighted by Gasteiger charge is 2.22. The summed E-state index contributed by atoms with van der Waals surface area (Å²) in [5.74, 6) is 1.84. The predicted octanol–water partition coefficient (Wildman–Crippen LogP) is 4.10. The van der Waals surface area contributed by atoms with Crippen LogP contribution >= 0.6 is 0 Å². The van der Waals surface area contributed by atoms with Crippen molar-refractivity contribution in [2.75, 3.05) is 18.0 Å². The normalized spacial score (nSPS) is 17.2. The summed E-state index contributed by atoms with van der Waals surface area (Å²) in [5, 5.41) is 6.08. The van der Waals surface area contributed by atoms with Crippen LogP contribution in [-0.2, 0) is 6.42 Å². The van der Waals surface area contributed by atoms with E-state index in [1.54, 1.807) is 0 Å². The zero-order chi connectivity index (χ0) is 18.2. The average molecular weight is 357 g/mol. The van der Waals surface area contributed by atoms with Crippen LogP contribution in [0.15, 0.2) is 54.9 Å². The van der Waals surface area contributed by atoms with Crippen LogP contribution in [0.2, 0.25) is 0 Å². The largest absolute Gasteiger partial charge is 0.355 e. The number of anilines is 1. The molecular formula is C22H23N5. The average Bonchev–Trinajstić information content (AvgIpc) is 3.35. The lowest BCUT2D eigenvalue weighted by Gasteiger charge is -2.17. The van der Waals surface area contributed by atoms with Gasteiger partial charge in [-0.3, -0.25) is 4.98 Å². The molecule has 1 aliphatic heterocycles. The number of rotatable bonds is 4. The third kappa shape index (κ3) is 3.03. The van der Waals surface area contributed by atoms with Gasteiger partial charge in [-0.05, 0) is 48.2 Å². The lowest BCUT2D eigenvalue weighted by Crippen LogP contribution is -2.21. The van der Waals surface area contributed by atoms with E-state index in [1.807, 2.05) is 23.0 Å². The molecule has 1 fully saturated rings. The molecule has 27 heavy (non-hydrogen) atoms. The second-order valence-corrected chi connectivity index (χ2v) is 7.43. The van der Waals surface area contributed by atoms with Gasteiger partial charge < -0.3 is 4.90 Å². The molecule has 4 heterocycles. The molecule has 0 N–H and O–H groups in total. The van der Waals surface area contributed by atoms with Gasteiger partial charge in [-0.2, -0.15) is 0 Å². The Morgan fingerprint density at radius 3 is 2.96 bits per heavy atom. The van der Waals surface area contributed by atoms with E-state index >= 15 is 0 Å². The Morgan fingerprint density at radius 2 is 2.07 bits per heavy atom. The fourth-order valence-corrected chi connectivity index (χ4v) is 4.02. The van der Waals surface area contributed by atoms with Gasteiger partial charge in [-0.15, -0.1) is 5.10 Å². The van der Waals surface area contributed by atoms with Gasteiger partial charge in [-0.1, -0.05) is 25.5 Å². The SMILES string of the molecule is CC[C@@H]1CCN(c2ccc3ncc(Cc4ccc5ncccc5c4)n3n2)C1. The molecule has 0 saturated carbocycles. The molecule has 1 aliphatic rings. The van der Waals surface area contributed by atoms with Crippen LogP contribution in [0.1, 0.15) is 31.0 Å². The molecule has 1 saturated heterocycles. The Bertz CT molecular complexity index is 1100. The molecule has 0 spiro atoms. The Balaban J connectivity index is 1.46. The molecule has 1 aromatic carbocycles. The van der Waals surface area contributed by atoms with Crippen molar-refractivity contribution in [1.29, 1.82) is 0 Å². The standard InChI is InChI=1S/C22H23N5/c1-2-16-9-11-26(15-16)22-8-7-21-24-14-19(27(21)25-22)13-17-5-6-20-18(12-17)4-3-10-23-20/h3-8,10,12,14,16H,2,9,11,13,15H2,1H3/t16-/m1/s1. The summed E-state index contributed by atoms with van der Waals surface area (Å²) in [6.45, 7) is 4.48.